The SMILES string of the molecule is O=C(O)[C@@H]1CC[C@H](C(=O)NC(c2ccccc2)C2CC2)C1. The number of hydrogen-bond acceptors (Lipinski definition) is 2. The summed E-state index contributed by atoms with van der Waals surface area (Å²) in [5.41, 5.74) is 1.15. The summed E-state index contributed by atoms with van der Waals surface area (Å²) in [7, 11) is 0. The van der Waals surface area contributed by atoms with Crippen LogP contribution in [0.4, 0.5) is 0 Å². The molecule has 3 rings (SSSR count). The molecule has 4 heteroatoms. The Morgan fingerprint density at radius 2 is 1.71 bits per heavy atom. The number of hydrogen-bond donors (Lipinski definition) is 2. The molecular weight excluding hydrogens is 266 g/mol. The van der Waals surface area contributed by atoms with Crippen LogP contribution < -0.4 is 5.32 Å². The van der Waals surface area contributed by atoms with Crippen LogP contribution in [0.25, 0.3) is 0 Å². The maximum Gasteiger partial charge on any atom is 0.306 e. The summed E-state index contributed by atoms with van der Waals surface area (Å²) in [5.74, 6) is -0.701. The van der Waals surface area contributed by atoms with E-state index in [0.29, 0.717) is 25.2 Å². The van der Waals surface area contributed by atoms with E-state index in [2.05, 4.69) is 17.4 Å². The highest BCUT2D eigenvalue weighted by Crippen LogP contribution is 2.41. The first-order valence-corrected chi connectivity index (χ1v) is 7.73. The molecule has 1 aromatic rings. The predicted molar refractivity (Wildman–Crippen MR) is 78.5 cm³/mol. The molecule has 2 fully saturated rings. The van der Waals surface area contributed by atoms with E-state index < -0.39 is 5.97 Å². The maximum atomic E-state index is 12.4. The molecule has 21 heavy (non-hydrogen) atoms. The van der Waals surface area contributed by atoms with Gasteiger partial charge in [-0.05, 0) is 43.6 Å². The third-order valence-electron chi connectivity index (χ3n) is 4.70. The van der Waals surface area contributed by atoms with Crippen LogP contribution in [0.1, 0.15) is 43.7 Å². The number of amides is 1. The average molecular weight is 287 g/mol. The van der Waals surface area contributed by atoms with Crippen molar-refractivity contribution in [2.75, 3.05) is 0 Å². The number of carbonyl (C=O) groups excluding carboxylic acids is 1. The van der Waals surface area contributed by atoms with E-state index >= 15 is 0 Å². The average Bonchev–Trinajstić information content (AvgIpc) is 3.20. The van der Waals surface area contributed by atoms with Crippen molar-refractivity contribution >= 4 is 11.9 Å². The molecule has 112 valence electrons. The highest BCUT2D eigenvalue weighted by molar-refractivity contribution is 5.81. The molecule has 4 nitrogen and oxygen atoms in total. The maximum absolute atomic E-state index is 12.4. The van der Waals surface area contributed by atoms with Crippen LogP contribution in [0.15, 0.2) is 30.3 Å². The lowest BCUT2D eigenvalue weighted by Crippen LogP contribution is -2.34. The van der Waals surface area contributed by atoms with E-state index in [4.69, 9.17) is 5.11 Å². The van der Waals surface area contributed by atoms with Crippen LogP contribution in [0, 0.1) is 17.8 Å². The predicted octanol–water partition coefficient (Wildman–Crippen LogP) is 2.75. The Morgan fingerprint density at radius 3 is 2.29 bits per heavy atom. The van der Waals surface area contributed by atoms with E-state index in [9.17, 15) is 9.59 Å². The Kier molecular flexibility index (Phi) is 3.95. The zero-order valence-electron chi connectivity index (χ0n) is 12.0. The first-order chi connectivity index (χ1) is 10.1. The lowest BCUT2D eigenvalue weighted by molar-refractivity contribution is -0.141. The largest absolute Gasteiger partial charge is 0.481 e. The van der Waals surface area contributed by atoms with E-state index in [-0.39, 0.29) is 23.8 Å². The van der Waals surface area contributed by atoms with Gasteiger partial charge in [-0.2, -0.15) is 0 Å². The molecule has 1 unspecified atom stereocenters. The highest BCUT2D eigenvalue weighted by Gasteiger charge is 2.38. The van der Waals surface area contributed by atoms with Gasteiger partial charge in [-0.3, -0.25) is 9.59 Å². The van der Waals surface area contributed by atoms with Gasteiger partial charge in [0.1, 0.15) is 0 Å². The molecule has 1 aromatic carbocycles. The Hall–Kier alpha value is -1.84. The number of benzene rings is 1. The number of carboxylic acid groups (broad SMARTS) is 1. The fourth-order valence-corrected chi connectivity index (χ4v) is 3.28. The zero-order valence-corrected chi connectivity index (χ0v) is 12.0. The lowest BCUT2D eigenvalue weighted by Gasteiger charge is -2.21. The Morgan fingerprint density at radius 1 is 1.05 bits per heavy atom. The van der Waals surface area contributed by atoms with Gasteiger partial charge in [0.2, 0.25) is 5.91 Å². The molecule has 2 N–H and O–H groups in total. The highest BCUT2D eigenvalue weighted by atomic mass is 16.4. The van der Waals surface area contributed by atoms with Gasteiger partial charge in [-0.15, -0.1) is 0 Å². The molecule has 0 heterocycles. The topological polar surface area (TPSA) is 66.4 Å². The quantitative estimate of drug-likeness (QED) is 0.875. The molecule has 1 amide bonds. The summed E-state index contributed by atoms with van der Waals surface area (Å²) in [6.07, 6.45) is 4.10. The van der Waals surface area contributed by atoms with E-state index in [1.807, 2.05) is 18.2 Å². The molecular formula is C17H21NO3. The number of rotatable bonds is 5. The zero-order chi connectivity index (χ0) is 14.8. The van der Waals surface area contributed by atoms with Gasteiger partial charge in [0.25, 0.3) is 0 Å². The number of carbonyl (C=O) groups is 2. The molecule has 0 aliphatic heterocycles. The van der Waals surface area contributed by atoms with Crippen molar-refractivity contribution < 1.29 is 14.7 Å². The van der Waals surface area contributed by atoms with E-state index in [1.54, 1.807) is 0 Å². The normalized spacial score (nSPS) is 26.3. The molecule has 0 saturated heterocycles. The first-order valence-electron chi connectivity index (χ1n) is 7.73. The Labute approximate surface area is 124 Å². The van der Waals surface area contributed by atoms with Crippen molar-refractivity contribution in [3.8, 4) is 0 Å². The fraction of sp³-hybridized carbons (Fsp3) is 0.529. The van der Waals surface area contributed by atoms with Crippen molar-refractivity contribution in [2.45, 2.75) is 38.1 Å². The lowest BCUT2D eigenvalue weighted by atomic mass is 9.99. The van der Waals surface area contributed by atoms with Crippen LogP contribution in [0.3, 0.4) is 0 Å². The van der Waals surface area contributed by atoms with Crippen LogP contribution in [0.5, 0.6) is 0 Å². The fourth-order valence-electron chi connectivity index (χ4n) is 3.28. The van der Waals surface area contributed by atoms with Gasteiger partial charge in [0.05, 0.1) is 12.0 Å². The minimum Gasteiger partial charge on any atom is -0.481 e. The third-order valence-corrected chi connectivity index (χ3v) is 4.70. The summed E-state index contributed by atoms with van der Waals surface area (Å²) in [5, 5.41) is 12.2. The smallest absolute Gasteiger partial charge is 0.306 e. The summed E-state index contributed by atoms with van der Waals surface area (Å²) in [4.78, 5) is 23.4. The van der Waals surface area contributed by atoms with Gasteiger partial charge in [0.15, 0.2) is 0 Å². The summed E-state index contributed by atoms with van der Waals surface area (Å²) >= 11 is 0. The number of carboxylic acids is 1. The van der Waals surface area contributed by atoms with Crippen molar-refractivity contribution in [2.24, 2.45) is 17.8 Å². The third kappa shape index (κ3) is 3.26. The molecule has 2 saturated carbocycles. The summed E-state index contributed by atoms with van der Waals surface area (Å²) < 4.78 is 0. The molecule has 2 aliphatic carbocycles. The summed E-state index contributed by atoms with van der Waals surface area (Å²) in [6.45, 7) is 0. The summed E-state index contributed by atoms with van der Waals surface area (Å²) in [6, 6.07) is 10.2. The van der Waals surface area contributed by atoms with Crippen LogP contribution in [-0.4, -0.2) is 17.0 Å². The second-order valence-corrected chi connectivity index (χ2v) is 6.28. The molecule has 0 aromatic heterocycles. The van der Waals surface area contributed by atoms with Crippen LogP contribution in [-0.2, 0) is 9.59 Å². The minimum absolute atomic E-state index is 0.0273. The minimum atomic E-state index is -0.771. The number of nitrogens with one attached hydrogen (secondary N) is 1. The van der Waals surface area contributed by atoms with Crippen molar-refractivity contribution in [3.63, 3.8) is 0 Å². The van der Waals surface area contributed by atoms with Crippen molar-refractivity contribution in [1.29, 1.82) is 0 Å². The van der Waals surface area contributed by atoms with Crippen molar-refractivity contribution in [1.82, 2.24) is 5.32 Å². The molecule has 0 spiro atoms. The molecule has 0 bridgehead atoms. The molecule has 3 atom stereocenters. The van der Waals surface area contributed by atoms with Gasteiger partial charge < -0.3 is 10.4 Å². The Bertz CT molecular complexity index is 524. The van der Waals surface area contributed by atoms with Gasteiger partial charge >= 0.3 is 5.97 Å². The standard InChI is InChI=1S/C17H21NO3/c19-16(13-8-9-14(10-13)17(20)21)18-15(12-6-7-12)11-4-2-1-3-5-11/h1-5,12-15H,6-10H2,(H,18,19)(H,20,21)/t13-,14+,15?/m0/s1. The molecule has 2 aliphatic rings. The first kappa shape index (κ1) is 14.1. The van der Waals surface area contributed by atoms with Gasteiger partial charge in [-0.25, -0.2) is 0 Å². The second kappa shape index (κ2) is 5.88. The second-order valence-electron chi connectivity index (χ2n) is 6.28. The van der Waals surface area contributed by atoms with E-state index in [1.165, 1.54) is 0 Å². The van der Waals surface area contributed by atoms with Gasteiger partial charge in [-0.1, -0.05) is 30.3 Å². The van der Waals surface area contributed by atoms with Crippen molar-refractivity contribution in [3.05, 3.63) is 35.9 Å². The number of aliphatic carboxylic acids is 1. The van der Waals surface area contributed by atoms with Crippen LogP contribution in [0.2, 0.25) is 0 Å². The van der Waals surface area contributed by atoms with Crippen LogP contribution >= 0.6 is 0 Å². The monoisotopic (exact) mass is 287 g/mol. The Balaban J connectivity index is 1.64. The van der Waals surface area contributed by atoms with E-state index in [0.717, 1.165) is 18.4 Å². The molecule has 0 radical (unpaired) electrons. The van der Waals surface area contributed by atoms with Gasteiger partial charge in [0, 0.05) is 5.92 Å².